The Morgan fingerprint density at radius 1 is 1.38 bits per heavy atom. The second-order valence-electron chi connectivity index (χ2n) is 4.21. The lowest BCUT2D eigenvalue weighted by Gasteiger charge is -2.40. The van der Waals surface area contributed by atoms with Crippen LogP contribution in [0.5, 0.6) is 0 Å². The molecule has 0 spiro atoms. The van der Waals surface area contributed by atoms with Gasteiger partial charge in [0.25, 0.3) is 0 Å². The van der Waals surface area contributed by atoms with Crippen LogP contribution in [0.3, 0.4) is 0 Å². The first-order valence-corrected chi connectivity index (χ1v) is 6.38. The molecule has 2 aliphatic rings. The third-order valence-electron chi connectivity index (χ3n) is 3.03. The van der Waals surface area contributed by atoms with E-state index in [2.05, 4.69) is 30.5 Å². The zero-order chi connectivity index (χ0) is 9.26. The van der Waals surface area contributed by atoms with Crippen molar-refractivity contribution >= 4 is 11.8 Å². The molecule has 2 saturated heterocycles. The van der Waals surface area contributed by atoms with Crippen LogP contribution < -0.4 is 0 Å². The Labute approximate surface area is 85.0 Å². The maximum Gasteiger partial charge on any atom is 0.0674 e. The summed E-state index contributed by atoms with van der Waals surface area (Å²) in [4.78, 5) is 2.65. The van der Waals surface area contributed by atoms with E-state index in [0.29, 0.717) is 12.1 Å². The summed E-state index contributed by atoms with van der Waals surface area (Å²) in [6, 6.07) is 1.45. The molecule has 0 aromatic carbocycles. The van der Waals surface area contributed by atoms with E-state index in [1.165, 1.54) is 17.9 Å². The van der Waals surface area contributed by atoms with Gasteiger partial charge in [-0.05, 0) is 26.0 Å². The van der Waals surface area contributed by atoms with Gasteiger partial charge in [0.15, 0.2) is 0 Å². The highest BCUT2D eigenvalue weighted by Crippen LogP contribution is 2.26. The predicted octanol–water partition coefficient (Wildman–Crippen LogP) is 1.60. The second kappa shape index (κ2) is 4.20. The average molecular weight is 201 g/mol. The van der Waals surface area contributed by atoms with Gasteiger partial charge >= 0.3 is 0 Å². The number of ether oxygens (including phenoxy) is 1. The van der Waals surface area contributed by atoms with Crippen molar-refractivity contribution < 1.29 is 4.74 Å². The maximum atomic E-state index is 5.63. The van der Waals surface area contributed by atoms with Crippen molar-refractivity contribution in [2.45, 2.75) is 38.5 Å². The SMILES string of the molecule is CC1CN(C2CCSC2)C(C)CO1. The average Bonchev–Trinajstić information content (AvgIpc) is 2.61. The lowest BCUT2D eigenvalue weighted by atomic mass is 10.1. The molecule has 0 N–H and O–H groups in total. The molecule has 2 aliphatic heterocycles. The van der Waals surface area contributed by atoms with Crippen LogP contribution in [0.2, 0.25) is 0 Å². The summed E-state index contributed by atoms with van der Waals surface area (Å²) in [5.74, 6) is 2.68. The van der Waals surface area contributed by atoms with Crippen LogP contribution in [0.15, 0.2) is 0 Å². The zero-order valence-corrected chi connectivity index (χ0v) is 9.35. The highest BCUT2D eigenvalue weighted by molar-refractivity contribution is 7.99. The van der Waals surface area contributed by atoms with Gasteiger partial charge in [0.2, 0.25) is 0 Å². The van der Waals surface area contributed by atoms with Gasteiger partial charge in [0.1, 0.15) is 0 Å². The van der Waals surface area contributed by atoms with Crippen molar-refractivity contribution in [3.8, 4) is 0 Å². The van der Waals surface area contributed by atoms with Gasteiger partial charge in [-0.2, -0.15) is 11.8 Å². The standard InChI is InChI=1S/C10H19NOS/c1-8-6-12-9(2)5-11(8)10-3-4-13-7-10/h8-10H,3-7H2,1-2H3. The Balaban J connectivity index is 1.94. The maximum absolute atomic E-state index is 5.63. The summed E-state index contributed by atoms with van der Waals surface area (Å²) in [5.41, 5.74) is 0. The molecule has 2 fully saturated rings. The first-order chi connectivity index (χ1) is 6.27. The minimum absolute atomic E-state index is 0.432. The topological polar surface area (TPSA) is 12.5 Å². The van der Waals surface area contributed by atoms with E-state index in [9.17, 15) is 0 Å². The van der Waals surface area contributed by atoms with Crippen molar-refractivity contribution in [3.05, 3.63) is 0 Å². The first-order valence-electron chi connectivity index (χ1n) is 5.22. The first kappa shape index (κ1) is 9.81. The third-order valence-corrected chi connectivity index (χ3v) is 4.18. The highest BCUT2D eigenvalue weighted by atomic mass is 32.2. The largest absolute Gasteiger partial charge is 0.376 e. The molecule has 13 heavy (non-hydrogen) atoms. The van der Waals surface area contributed by atoms with Crippen LogP contribution in [-0.2, 0) is 4.74 Å². The molecular weight excluding hydrogens is 182 g/mol. The second-order valence-corrected chi connectivity index (χ2v) is 5.36. The van der Waals surface area contributed by atoms with Gasteiger partial charge < -0.3 is 4.74 Å². The quantitative estimate of drug-likeness (QED) is 0.639. The fraction of sp³-hybridized carbons (Fsp3) is 1.00. The lowest BCUT2D eigenvalue weighted by Crippen LogP contribution is -2.52. The van der Waals surface area contributed by atoms with Gasteiger partial charge in [-0.25, -0.2) is 0 Å². The minimum Gasteiger partial charge on any atom is -0.376 e. The van der Waals surface area contributed by atoms with E-state index in [0.717, 1.165) is 19.2 Å². The van der Waals surface area contributed by atoms with E-state index >= 15 is 0 Å². The summed E-state index contributed by atoms with van der Waals surface area (Å²) in [5, 5.41) is 0. The molecule has 2 nitrogen and oxygen atoms in total. The fourth-order valence-corrected chi connectivity index (χ4v) is 3.46. The smallest absolute Gasteiger partial charge is 0.0674 e. The van der Waals surface area contributed by atoms with Gasteiger partial charge in [0, 0.05) is 24.4 Å². The van der Waals surface area contributed by atoms with Gasteiger partial charge in [0.05, 0.1) is 12.7 Å². The van der Waals surface area contributed by atoms with Crippen LogP contribution in [0.4, 0.5) is 0 Å². The van der Waals surface area contributed by atoms with Crippen LogP contribution in [0, 0.1) is 0 Å². The van der Waals surface area contributed by atoms with E-state index in [4.69, 9.17) is 4.74 Å². The molecule has 3 unspecified atom stereocenters. The van der Waals surface area contributed by atoms with Crippen LogP contribution in [-0.4, -0.2) is 47.7 Å². The number of thioether (sulfide) groups is 1. The van der Waals surface area contributed by atoms with Crippen molar-refractivity contribution in [2.24, 2.45) is 0 Å². The van der Waals surface area contributed by atoms with Gasteiger partial charge in [-0.3, -0.25) is 4.90 Å². The number of hydrogen-bond donors (Lipinski definition) is 0. The summed E-state index contributed by atoms with van der Waals surface area (Å²) in [6.07, 6.45) is 1.81. The number of rotatable bonds is 1. The fourth-order valence-electron chi connectivity index (χ4n) is 2.22. The summed E-state index contributed by atoms with van der Waals surface area (Å²) >= 11 is 2.10. The van der Waals surface area contributed by atoms with E-state index in [-0.39, 0.29) is 0 Å². The summed E-state index contributed by atoms with van der Waals surface area (Å²) < 4.78 is 5.63. The molecule has 2 rings (SSSR count). The monoisotopic (exact) mass is 201 g/mol. The van der Waals surface area contributed by atoms with E-state index in [1.807, 2.05) is 0 Å². The molecule has 0 bridgehead atoms. The van der Waals surface area contributed by atoms with Crippen molar-refractivity contribution in [3.63, 3.8) is 0 Å². The molecule has 0 aliphatic carbocycles. The van der Waals surface area contributed by atoms with Crippen molar-refractivity contribution in [1.29, 1.82) is 0 Å². The summed E-state index contributed by atoms with van der Waals surface area (Å²) in [6.45, 7) is 6.52. The minimum atomic E-state index is 0.432. The van der Waals surface area contributed by atoms with E-state index in [1.54, 1.807) is 0 Å². The normalized spacial score (nSPS) is 42.5. The lowest BCUT2D eigenvalue weighted by molar-refractivity contribution is -0.0621. The Hall–Kier alpha value is 0.270. The molecule has 2 heterocycles. The van der Waals surface area contributed by atoms with Crippen LogP contribution >= 0.6 is 11.8 Å². The molecule has 3 atom stereocenters. The number of morpholine rings is 1. The van der Waals surface area contributed by atoms with Crippen molar-refractivity contribution in [1.82, 2.24) is 4.90 Å². The van der Waals surface area contributed by atoms with Crippen LogP contribution in [0.1, 0.15) is 20.3 Å². The molecule has 0 aromatic heterocycles. The zero-order valence-electron chi connectivity index (χ0n) is 8.53. The Bertz CT molecular complexity index is 170. The van der Waals surface area contributed by atoms with E-state index < -0.39 is 0 Å². The molecular formula is C10H19NOS. The van der Waals surface area contributed by atoms with Crippen LogP contribution in [0.25, 0.3) is 0 Å². The predicted molar refractivity (Wildman–Crippen MR) is 57.3 cm³/mol. The number of hydrogen-bond acceptors (Lipinski definition) is 3. The van der Waals surface area contributed by atoms with Crippen molar-refractivity contribution in [2.75, 3.05) is 24.7 Å². The Kier molecular flexibility index (Phi) is 3.17. The highest BCUT2D eigenvalue weighted by Gasteiger charge is 2.31. The molecule has 76 valence electrons. The molecule has 0 aromatic rings. The molecule has 0 saturated carbocycles. The van der Waals surface area contributed by atoms with Gasteiger partial charge in [-0.1, -0.05) is 0 Å². The van der Waals surface area contributed by atoms with Gasteiger partial charge in [-0.15, -0.1) is 0 Å². The Morgan fingerprint density at radius 3 is 2.92 bits per heavy atom. The summed E-state index contributed by atoms with van der Waals surface area (Å²) in [7, 11) is 0. The molecule has 0 amide bonds. The Morgan fingerprint density at radius 2 is 2.23 bits per heavy atom. The number of nitrogens with zero attached hydrogens (tertiary/aromatic N) is 1. The molecule has 0 radical (unpaired) electrons. The molecule has 3 heteroatoms. The third kappa shape index (κ3) is 2.20.